The minimum Gasteiger partial charge on any atom is -0.496 e. The van der Waals surface area contributed by atoms with Crippen LogP contribution in [-0.4, -0.2) is 44.6 Å². The third-order valence-electron chi connectivity index (χ3n) is 6.87. The second kappa shape index (κ2) is 7.26. The van der Waals surface area contributed by atoms with E-state index in [9.17, 15) is 9.90 Å². The smallest absolute Gasteiger partial charge is 0.266 e. The fourth-order valence-corrected chi connectivity index (χ4v) is 5.28. The Labute approximate surface area is 171 Å². The molecular formula is C23H29N3O3. The summed E-state index contributed by atoms with van der Waals surface area (Å²) in [4.78, 5) is 14.9. The predicted molar refractivity (Wildman–Crippen MR) is 110 cm³/mol. The Hall–Kier alpha value is -2.18. The Kier molecular flexibility index (Phi) is 4.71. The fraction of sp³-hybridized carbons (Fsp3) is 0.565. The van der Waals surface area contributed by atoms with Gasteiger partial charge in [-0.05, 0) is 50.7 Å². The molecule has 154 valence electrons. The summed E-state index contributed by atoms with van der Waals surface area (Å²) in [6.45, 7) is 1.13. The van der Waals surface area contributed by atoms with Gasteiger partial charge in [-0.1, -0.05) is 18.2 Å². The maximum atomic E-state index is 12.4. The normalized spacial score (nSPS) is 29.2. The molecule has 2 aliphatic heterocycles. The lowest BCUT2D eigenvalue weighted by atomic mass is 9.85. The van der Waals surface area contributed by atoms with Gasteiger partial charge >= 0.3 is 0 Å². The van der Waals surface area contributed by atoms with E-state index in [1.807, 2.05) is 24.3 Å². The van der Waals surface area contributed by atoms with Crippen molar-refractivity contribution in [1.29, 1.82) is 0 Å². The predicted octanol–water partition coefficient (Wildman–Crippen LogP) is 2.69. The standard InChI is InChI=1S/C23H29N3O3/c1-29-21-5-3-2-4-17(21)14-25-18-8-9-19(25)13-23(28,12-18)15-26-22(27)11-10-20(24-26)16-6-7-16/h2-5,10-11,16,18-19,28H,6-9,12-15H2,1H3. The van der Waals surface area contributed by atoms with Gasteiger partial charge in [-0.3, -0.25) is 9.69 Å². The van der Waals surface area contributed by atoms with Gasteiger partial charge in [-0.15, -0.1) is 0 Å². The summed E-state index contributed by atoms with van der Waals surface area (Å²) in [5.74, 6) is 1.41. The zero-order valence-corrected chi connectivity index (χ0v) is 17.0. The van der Waals surface area contributed by atoms with E-state index in [-0.39, 0.29) is 5.56 Å². The highest BCUT2D eigenvalue weighted by molar-refractivity contribution is 5.33. The van der Waals surface area contributed by atoms with Crippen LogP contribution in [0, 0.1) is 0 Å². The molecule has 1 aromatic carbocycles. The van der Waals surface area contributed by atoms with Crippen LogP contribution >= 0.6 is 0 Å². The van der Waals surface area contributed by atoms with Crippen molar-refractivity contribution in [3.8, 4) is 5.75 Å². The van der Waals surface area contributed by atoms with Crippen LogP contribution in [-0.2, 0) is 13.1 Å². The number of rotatable bonds is 6. The lowest BCUT2D eigenvalue weighted by Gasteiger charge is -2.44. The summed E-state index contributed by atoms with van der Waals surface area (Å²) in [6.07, 6.45) is 5.84. The van der Waals surface area contributed by atoms with Crippen molar-refractivity contribution in [2.24, 2.45) is 0 Å². The van der Waals surface area contributed by atoms with Crippen molar-refractivity contribution >= 4 is 0 Å². The molecule has 2 unspecified atom stereocenters. The molecule has 0 radical (unpaired) electrons. The van der Waals surface area contributed by atoms with E-state index in [4.69, 9.17) is 4.74 Å². The molecule has 29 heavy (non-hydrogen) atoms. The Balaban J connectivity index is 1.33. The lowest BCUT2D eigenvalue weighted by molar-refractivity contribution is -0.0679. The topological polar surface area (TPSA) is 67.6 Å². The molecule has 5 rings (SSSR count). The molecule has 0 amide bonds. The number of benzene rings is 1. The van der Waals surface area contributed by atoms with Gasteiger partial charge in [0, 0.05) is 36.2 Å². The summed E-state index contributed by atoms with van der Waals surface area (Å²) >= 11 is 0. The van der Waals surface area contributed by atoms with E-state index in [0.717, 1.165) is 43.7 Å². The number of nitrogens with zero attached hydrogens (tertiary/aromatic N) is 3. The number of aliphatic hydroxyl groups is 1. The SMILES string of the molecule is COc1ccccc1CN1C2CCC1CC(O)(Cn1nc(C3CC3)ccc1=O)C2. The molecule has 1 aromatic heterocycles. The van der Waals surface area contributed by atoms with Crippen molar-refractivity contribution in [3.05, 3.63) is 58.0 Å². The molecule has 2 aromatic rings. The van der Waals surface area contributed by atoms with Crippen LogP contribution in [0.1, 0.15) is 55.7 Å². The van der Waals surface area contributed by atoms with E-state index in [2.05, 4.69) is 16.1 Å². The first-order chi connectivity index (χ1) is 14.0. The summed E-state index contributed by atoms with van der Waals surface area (Å²) in [7, 11) is 1.71. The number of aromatic nitrogens is 2. The fourth-order valence-electron chi connectivity index (χ4n) is 5.28. The van der Waals surface area contributed by atoms with E-state index in [1.54, 1.807) is 13.2 Å². The molecule has 6 nitrogen and oxygen atoms in total. The molecule has 2 atom stereocenters. The Morgan fingerprint density at radius 1 is 1.10 bits per heavy atom. The highest BCUT2D eigenvalue weighted by atomic mass is 16.5. The minimum absolute atomic E-state index is 0.119. The average molecular weight is 396 g/mol. The van der Waals surface area contributed by atoms with Gasteiger partial charge in [0.2, 0.25) is 0 Å². The van der Waals surface area contributed by atoms with Gasteiger partial charge in [-0.2, -0.15) is 5.10 Å². The van der Waals surface area contributed by atoms with Crippen molar-refractivity contribution < 1.29 is 9.84 Å². The van der Waals surface area contributed by atoms with E-state index < -0.39 is 5.60 Å². The number of hydrogen-bond acceptors (Lipinski definition) is 5. The van der Waals surface area contributed by atoms with E-state index in [0.29, 0.717) is 37.4 Å². The van der Waals surface area contributed by atoms with Crippen LogP contribution in [0.25, 0.3) is 0 Å². The molecule has 3 fully saturated rings. The van der Waals surface area contributed by atoms with Crippen LogP contribution < -0.4 is 10.3 Å². The number of fused-ring (bicyclic) bond motifs is 2. The first-order valence-electron chi connectivity index (χ1n) is 10.7. The molecule has 1 N–H and O–H groups in total. The average Bonchev–Trinajstić information content (AvgIpc) is 3.52. The third-order valence-corrected chi connectivity index (χ3v) is 6.87. The highest BCUT2D eigenvalue weighted by Gasteiger charge is 2.48. The Morgan fingerprint density at radius 2 is 1.83 bits per heavy atom. The van der Waals surface area contributed by atoms with Crippen LogP contribution in [0.3, 0.4) is 0 Å². The monoisotopic (exact) mass is 395 g/mol. The lowest BCUT2D eigenvalue weighted by Crippen LogP contribution is -2.53. The third kappa shape index (κ3) is 3.71. The second-order valence-electron chi connectivity index (χ2n) is 9.03. The van der Waals surface area contributed by atoms with E-state index in [1.165, 1.54) is 10.2 Å². The number of para-hydroxylation sites is 1. The summed E-state index contributed by atoms with van der Waals surface area (Å²) in [5.41, 5.74) is 1.19. The first-order valence-corrected chi connectivity index (χ1v) is 10.7. The van der Waals surface area contributed by atoms with Gasteiger partial charge in [0.1, 0.15) is 5.75 Å². The van der Waals surface area contributed by atoms with Gasteiger partial charge in [0.05, 0.1) is 24.9 Å². The van der Waals surface area contributed by atoms with Crippen molar-refractivity contribution in [2.45, 2.75) is 75.2 Å². The van der Waals surface area contributed by atoms with Crippen molar-refractivity contribution in [1.82, 2.24) is 14.7 Å². The summed E-state index contributed by atoms with van der Waals surface area (Å²) < 4.78 is 7.03. The molecule has 1 saturated carbocycles. The maximum absolute atomic E-state index is 12.4. The molecule has 2 saturated heterocycles. The summed E-state index contributed by atoms with van der Waals surface area (Å²) in [6, 6.07) is 12.3. The highest BCUT2D eigenvalue weighted by Crippen LogP contribution is 2.43. The van der Waals surface area contributed by atoms with Crippen LogP contribution in [0.5, 0.6) is 5.75 Å². The Bertz CT molecular complexity index is 938. The molecule has 3 heterocycles. The van der Waals surface area contributed by atoms with Gasteiger partial charge in [-0.25, -0.2) is 4.68 Å². The minimum atomic E-state index is -0.873. The van der Waals surface area contributed by atoms with Crippen LogP contribution in [0.2, 0.25) is 0 Å². The van der Waals surface area contributed by atoms with Crippen LogP contribution in [0.15, 0.2) is 41.2 Å². The van der Waals surface area contributed by atoms with Crippen molar-refractivity contribution in [2.75, 3.05) is 7.11 Å². The molecule has 0 spiro atoms. The van der Waals surface area contributed by atoms with E-state index >= 15 is 0 Å². The molecule has 6 heteroatoms. The number of methoxy groups -OCH3 is 1. The van der Waals surface area contributed by atoms with Gasteiger partial charge in [0.15, 0.2) is 0 Å². The quantitative estimate of drug-likeness (QED) is 0.815. The molecule has 2 bridgehead atoms. The summed E-state index contributed by atoms with van der Waals surface area (Å²) in [5, 5.41) is 16.0. The number of ether oxygens (including phenoxy) is 1. The van der Waals surface area contributed by atoms with Crippen LogP contribution in [0.4, 0.5) is 0 Å². The van der Waals surface area contributed by atoms with Gasteiger partial charge in [0.25, 0.3) is 5.56 Å². The molecule has 1 aliphatic carbocycles. The second-order valence-corrected chi connectivity index (χ2v) is 9.03. The largest absolute Gasteiger partial charge is 0.496 e. The van der Waals surface area contributed by atoms with Gasteiger partial charge < -0.3 is 9.84 Å². The molecule has 3 aliphatic rings. The number of hydrogen-bond donors (Lipinski definition) is 1. The maximum Gasteiger partial charge on any atom is 0.266 e. The molecular weight excluding hydrogens is 366 g/mol. The zero-order valence-electron chi connectivity index (χ0n) is 17.0. The number of piperidine rings is 1. The Morgan fingerprint density at radius 3 is 2.52 bits per heavy atom. The zero-order chi connectivity index (χ0) is 20.0. The first kappa shape index (κ1) is 18.8. The van der Waals surface area contributed by atoms with Crippen molar-refractivity contribution in [3.63, 3.8) is 0 Å².